The number of Topliss-reactive ketones (excluding diaryl/α,β-unsaturated/α-hetero) is 1. The van der Waals surface area contributed by atoms with Gasteiger partial charge in [0.05, 0.1) is 5.60 Å². The summed E-state index contributed by atoms with van der Waals surface area (Å²) < 4.78 is 6.25. The SMILES string of the molecule is CCC1(CC)OC2(C)CCC1CCC2=O. The van der Waals surface area contributed by atoms with Gasteiger partial charge in [0.1, 0.15) is 5.60 Å². The highest BCUT2D eigenvalue weighted by Gasteiger charge is 2.52. The molecule has 1 aliphatic carbocycles. The van der Waals surface area contributed by atoms with Crippen molar-refractivity contribution >= 4 is 5.78 Å². The molecule has 2 atom stereocenters. The summed E-state index contributed by atoms with van der Waals surface area (Å²) in [6, 6.07) is 0. The number of ether oxygens (including phenoxy) is 1. The number of carbonyl (C=O) groups excluding carboxylic acids is 1. The Morgan fingerprint density at radius 1 is 1.33 bits per heavy atom. The molecule has 3 rings (SSSR count). The van der Waals surface area contributed by atoms with E-state index in [4.69, 9.17) is 4.74 Å². The van der Waals surface area contributed by atoms with E-state index >= 15 is 0 Å². The lowest BCUT2D eigenvalue weighted by atomic mass is 9.75. The Bertz CT molecular complexity index is 268. The maximum absolute atomic E-state index is 12.0. The van der Waals surface area contributed by atoms with Gasteiger partial charge in [-0.3, -0.25) is 4.79 Å². The minimum atomic E-state index is -0.473. The maximum Gasteiger partial charge on any atom is 0.164 e. The van der Waals surface area contributed by atoms with Crippen LogP contribution in [0, 0.1) is 5.92 Å². The molecule has 0 aromatic carbocycles. The molecule has 15 heavy (non-hydrogen) atoms. The van der Waals surface area contributed by atoms with Gasteiger partial charge in [0, 0.05) is 6.42 Å². The molecule has 0 amide bonds. The van der Waals surface area contributed by atoms with Crippen molar-refractivity contribution in [3.63, 3.8) is 0 Å². The van der Waals surface area contributed by atoms with Gasteiger partial charge in [-0.1, -0.05) is 13.8 Å². The Balaban J connectivity index is 2.35. The third-order valence-corrected chi connectivity index (χ3v) is 4.65. The molecule has 1 saturated carbocycles. The first kappa shape index (κ1) is 11.1. The monoisotopic (exact) mass is 210 g/mol. The fourth-order valence-electron chi connectivity index (χ4n) is 3.44. The van der Waals surface area contributed by atoms with Crippen molar-refractivity contribution in [1.29, 1.82) is 0 Å². The van der Waals surface area contributed by atoms with Crippen LogP contribution in [0.25, 0.3) is 0 Å². The molecule has 2 unspecified atom stereocenters. The largest absolute Gasteiger partial charge is 0.361 e. The number of hydrogen-bond acceptors (Lipinski definition) is 2. The first-order valence-electron chi connectivity index (χ1n) is 6.30. The smallest absolute Gasteiger partial charge is 0.164 e. The van der Waals surface area contributed by atoms with Crippen molar-refractivity contribution in [3.05, 3.63) is 0 Å². The van der Waals surface area contributed by atoms with Crippen molar-refractivity contribution in [2.45, 2.75) is 70.5 Å². The first-order chi connectivity index (χ1) is 7.06. The van der Waals surface area contributed by atoms with Crippen LogP contribution in [-0.2, 0) is 9.53 Å². The molecule has 0 N–H and O–H groups in total. The Hall–Kier alpha value is -0.370. The second-order valence-electron chi connectivity index (χ2n) is 5.30. The van der Waals surface area contributed by atoms with E-state index < -0.39 is 5.60 Å². The second kappa shape index (κ2) is 3.58. The van der Waals surface area contributed by atoms with Crippen molar-refractivity contribution in [3.8, 4) is 0 Å². The molecule has 0 aromatic heterocycles. The van der Waals surface area contributed by atoms with Crippen molar-refractivity contribution in [1.82, 2.24) is 0 Å². The van der Waals surface area contributed by atoms with Crippen LogP contribution in [-0.4, -0.2) is 17.0 Å². The number of carbonyl (C=O) groups is 1. The van der Waals surface area contributed by atoms with Crippen LogP contribution in [0.1, 0.15) is 59.3 Å². The molecule has 2 saturated heterocycles. The van der Waals surface area contributed by atoms with Crippen LogP contribution < -0.4 is 0 Å². The van der Waals surface area contributed by atoms with E-state index in [1.54, 1.807) is 0 Å². The van der Waals surface area contributed by atoms with E-state index in [0.29, 0.717) is 11.7 Å². The van der Waals surface area contributed by atoms with Gasteiger partial charge in [0.25, 0.3) is 0 Å². The molecule has 2 aliphatic heterocycles. The van der Waals surface area contributed by atoms with E-state index in [1.807, 2.05) is 6.92 Å². The highest BCUT2D eigenvalue weighted by molar-refractivity contribution is 5.87. The number of ketones is 1. The normalized spacial score (nSPS) is 39.1. The van der Waals surface area contributed by atoms with Crippen molar-refractivity contribution in [2.75, 3.05) is 0 Å². The van der Waals surface area contributed by atoms with Gasteiger partial charge >= 0.3 is 0 Å². The van der Waals surface area contributed by atoms with Crippen LogP contribution in [0.3, 0.4) is 0 Å². The van der Waals surface area contributed by atoms with Crippen LogP contribution in [0.5, 0.6) is 0 Å². The minimum Gasteiger partial charge on any atom is -0.361 e. The Kier molecular flexibility index (Phi) is 2.66. The zero-order valence-electron chi connectivity index (χ0n) is 10.1. The summed E-state index contributed by atoms with van der Waals surface area (Å²) in [4.78, 5) is 12.0. The molecule has 3 aliphatic rings. The van der Waals surface area contributed by atoms with Gasteiger partial charge in [0.2, 0.25) is 0 Å². The summed E-state index contributed by atoms with van der Waals surface area (Å²) in [6.07, 6.45) is 5.94. The van der Waals surface area contributed by atoms with Gasteiger partial charge in [-0.2, -0.15) is 0 Å². The summed E-state index contributed by atoms with van der Waals surface area (Å²) in [5.74, 6) is 0.931. The van der Waals surface area contributed by atoms with E-state index in [-0.39, 0.29) is 5.60 Å². The lowest BCUT2D eigenvalue weighted by molar-refractivity contribution is -0.203. The van der Waals surface area contributed by atoms with E-state index in [9.17, 15) is 4.79 Å². The van der Waals surface area contributed by atoms with Crippen molar-refractivity contribution < 1.29 is 9.53 Å². The molecule has 0 spiro atoms. The van der Waals surface area contributed by atoms with E-state index in [0.717, 1.165) is 32.1 Å². The van der Waals surface area contributed by atoms with Crippen LogP contribution in [0.2, 0.25) is 0 Å². The molecule has 2 bridgehead atoms. The predicted octanol–water partition coefficient (Wildman–Crippen LogP) is 3.09. The van der Waals surface area contributed by atoms with Gasteiger partial charge in [-0.25, -0.2) is 0 Å². The average Bonchev–Trinajstić information content (AvgIpc) is 2.45. The van der Waals surface area contributed by atoms with E-state index in [2.05, 4.69) is 13.8 Å². The lowest BCUT2D eigenvalue weighted by Crippen LogP contribution is -2.52. The van der Waals surface area contributed by atoms with Crippen LogP contribution >= 0.6 is 0 Å². The average molecular weight is 210 g/mol. The molecule has 86 valence electrons. The molecule has 0 aromatic rings. The summed E-state index contributed by atoms with van der Waals surface area (Å²) in [5.41, 5.74) is -0.488. The zero-order chi connectivity index (χ0) is 11.1. The molecule has 2 nitrogen and oxygen atoms in total. The molecule has 0 radical (unpaired) electrons. The van der Waals surface area contributed by atoms with Crippen LogP contribution in [0.15, 0.2) is 0 Å². The minimum absolute atomic E-state index is 0.0147. The predicted molar refractivity (Wildman–Crippen MR) is 59.8 cm³/mol. The molecule has 3 fully saturated rings. The lowest BCUT2D eigenvalue weighted by Gasteiger charge is -2.48. The Morgan fingerprint density at radius 2 is 2.00 bits per heavy atom. The number of fused-ring (bicyclic) bond motifs is 4. The van der Waals surface area contributed by atoms with Crippen LogP contribution in [0.4, 0.5) is 0 Å². The van der Waals surface area contributed by atoms with Crippen molar-refractivity contribution in [2.24, 2.45) is 5.92 Å². The molecule has 2 heteroatoms. The zero-order valence-corrected chi connectivity index (χ0v) is 10.1. The highest BCUT2D eigenvalue weighted by Crippen LogP contribution is 2.49. The van der Waals surface area contributed by atoms with Gasteiger partial charge < -0.3 is 4.74 Å². The summed E-state index contributed by atoms with van der Waals surface area (Å²) in [6.45, 7) is 6.38. The Morgan fingerprint density at radius 3 is 2.60 bits per heavy atom. The Labute approximate surface area is 92.4 Å². The standard InChI is InChI=1S/C13H22O2/c1-4-13(5-2)10-6-7-11(14)12(3,15-13)9-8-10/h10H,4-9H2,1-3H3. The molecule has 2 heterocycles. The van der Waals surface area contributed by atoms with Gasteiger partial charge in [-0.05, 0) is 44.9 Å². The summed E-state index contributed by atoms with van der Waals surface area (Å²) >= 11 is 0. The van der Waals surface area contributed by atoms with E-state index in [1.165, 1.54) is 6.42 Å². The molecular weight excluding hydrogens is 188 g/mol. The van der Waals surface area contributed by atoms with Gasteiger partial charge in [0.15, 0.2) is 5.78 Å². The fraction of sp³-hybridized carbons (Fsp3) is 0.923. The third kappa shape index (κ3) is 1.54. The second-order valence-corrected chi connectivity index (χ2v) is 5.30. The fourth-order valence-corrected chi connectivity index (χ4v) is 3.44. The third-order valence-electron chi connectivity index (χ3n) is 4.65. The summed E-state index contributed by atoms with van der Waals surface area (Å²) in [7, 11) is 0. The topological polar surface area (TPSA) is 26.3 Å². The first-order valence-corrected chi connectivity index (χ1v) is 6.30. The quantitative estimate of drug-likeness (QED) is 0.700. The van der Waals surface area contributed by atoms with Gasteiger partial charge in [-0.15, -0.1) is 0 Å². The number of rotatable bonds is 2. The maximum atomic E-state index is 12.0. The highest BCUT2D eigenvalue weighted by atomic mass is 16.5. The number of hydrogen-bond donors (Lipinski definition) is 0. The molecular formula is C13H22O2. The summed E-state index contributed by atoms with van der Waals surface area (Å²) in [5, 5.41) is 0.